The third-order valence-electron chi connectivity index (χ3n) is 2.91. The number of ether oxygens (including phenoxy) is 1. The first-order chi connectivity index (χ1) is 9.86. The number of benzene rings is 1. The van der Waals surface area contributed by atoms with E-state index in [1.807, 2.05) is 0 Å². The van der Waals surface area contributed by atoms with Gasteiger partial charge in [0.2, 0.25) is 0 Å². The molecule has 1 aromatic rings. The first-order valence-corrected chi connectivity index (χ1v) is 7.32. The number of aliphatic hydroxyl groups is 2. The lowest BCUT2D eigenvalue weighted by Crippen LogP contribution is -2.21. The molecular weight excluding hydrogens is 294 g/mol. The summed E-state index contributed by atoms with van der Waals surface area (Å²) < 4.78 is 4.60. The molecule has 21 heavy (non-hydrogen) atoms. The Labute approximate surface area is 127 Å². The quantitative estimate of drug-likeness (QED) is 0.533. The van der Waals surface area contributed by atoms with Gasteiger partial charge in [0, 0.05) is 23.9 Å². The minimum absolute atomic E-state index is 0.0520. The summed E-state index contributed by atoms with van der Waals surface area (Å²) in [5, 5.41) is 20.0. The number of rotatable bonds is 6. The smallest absolute Gasteiger partial charge is 0.337 e. The van der Waals surface area contributed by atoms with Crippen molar-refractivity contribution in [3.63, 3.8) is 0 Å². The fraction of sp³-hybridized carbons (Fsp3) is 0.429. The summed E-state index contributed by atoms with van der Waals surface area (Å²) in [6.07, 6.45) is -2.08. The van der Waals surface area contributed by atoms with Gasteiger partial charge >= 0.3 is 5.97 Å². The predicted octanol–water partition coefficient (Wildman–Crippen LogP) is 1.12. The van der Waals surface area contributed by atoms with Gasteiger partial charge in [0.15, 0.2) is 5.12 Å². The van der Waals surface area contributed by atoms with E-state index < -0.39 is 18.2 Å². The molecule has 7 heteroatoms. The van der Waals surface area contributed by atoms with E-state index in [2.05, 4.69) is 4.74 Å². The van der Waals surface area contributed by atoms with E-state index in [0.29, 0.717) is 5.75 Å². The van der Waals surface area contributed by atoms with Crippen molar-refractivity contribution in [2.45, 2.75) is 25.6 Å². The molecule has 1 rings (SSSR count). The Morgan fingerprint density at radius 1 is 1.38 bits per heavy atom. The molecule has 0 heterocycles. The average molecular weight is 313 g/mol. The van der Waals surface area contributed by atoms with E-state index in [4.69, 9.17) is 5.73 Å². The molecule has 0 spiro atoms. The lowest BCUT2D eigenvalue weighted by Gasteiger charge is -2.20. The van der Waals surface area contributed by atoms with E-state index in [9.17, 15) is 19.8 Å². The van der Waals surface area contributed by atoms with E-state index in [1.165, 1.54) is 32.2 Å². The number of hydrogen-bond donors (Lipinski definition) is 3. The van der Waals surface area contributed by atoms with Gasteiger partial charge in [-0.3, -0.25) is 4.79 Å². The van der Waals surface area contributed by atoms with Crippen molar-refractivity contribution < 1.29 is 24.5 Å². The van der Waals surface area contributed by atoms with Crippen LogP contribution >= 0.6 is 11.8 Å². The molecule has 0 radical (unpaired) electrons. The van der Waals surface area contributed by atoms with Crippen molar-refractivity contribution >= 4 is 28.5 Å². The van der Waals surface area contributed by atoms with E-state index in [1.54, 1.807) is 0 Å². The van der Waals surface area contributed by atoms with Crippen LogP contribution in [0.15, 0.2) is 18.2 Å². The van der Waals surface area contributed by atoms with Gasteiger partial charge in [0.25, 0.3) is 0 Å². The number of methoxy groups -OCH3 is 1. The lowest BCUT2D eigenvalue weighted by molar-refractivity contribution is -0.109. The Kier molecular flexibility index (Phi) is 6.67. The number of nitrogens with two attached hydrogens (primary N) is 1. The minimum Gasteiger partial charge on any atom is -0.465 e. The molecule has 2 atom stereocenters. The van der Waals surface area contributed by atoms with Crippen LogP contribution in [0.2, 0.25) is 0 Å². The topological polar surface area (TPSA) is 110 Å². The number of thioether (sulfide) groups is 1. The third-order valence-corrected chi connectivity index (χ3v) is 3.76. The molecular formula is C14H19NO5S. The molecule has 0 aliphatic carbocycles. The molecule has 4 N–H and O–H groups in total. The molecule has 0 aromatic heterocycles. The molecule has 1 aromatic carbocycles. The van der Waals surface area contributed by atoms with Crippen molar-refractivity contribution in [2.24, 2.45) is 0 Å². The van der Waals surface area contributed by atoms with Crippen LogP contribution in [0.25, 0.3) is 0 Å². The maximum absolute atomic E-state index is 11.5. The van der Waals surface area contributed by atoms with Crippen molar-refractivity contribution in [3.05, 3.63) is 29.3 Å². The highest BCUT2D eigenvalue weighted by molar-refractivity contribution is 8.13. The van der Waals surface area contributed by atoms with Crippen molar-refractivity contribution in [3.8, 4) is 0 Å². The van der Waals surface area contributed by atoms with Gasteiger partial charge in [-0.1, -0.05) is 11.8 Å². The largest absolute Gasteiger partial charge is 0.465 e. The molecule has 0 bridgehead atoms. The van der Waals surface area contributed by atoms with Crippen LogP contribution in [0.3, 0.4) is 0 Å². The lowest BCUT2D eigenvalue weighted by atomic mass is 9.99. The zero-order chi connectivity index (χ0) is 16.0. The van der Waals surface area contributed by atoms with Crippen LogP contribution in [0.1, 0.15) is 35.4 Å². The molecule has 6 nitrogen and oxygen atoms in total. The van der Waals surface area contributed by atoms with E-state index in [0.717, 1.165) is 11.8 Å². The van der Waals surface area contributed by atoms with Crippen LogP contribution in [-0.2, 0) is 9.53 Å². The number of aliphatic hydroxyl groups excluding tert-OH is 2. The van der Waals surface area contributed by atoms with Gasteiger partial charge in [-0.25, -0.2) is 4.79 Å². The molecule has 0 fully saturated rings. The monoisotopic (exact) mass is 313 g/mol. The van der Waals surface area contributed by atoms with Gasteiger partial charge in [0.1, 0.15) is 6.10 Å². The second kappa shape index (κ2) is 8.02. The Hall–Kier alpha value is -1.57. The number of carbonyl (C=O) groups excluding carboxylic acids is 2. The summed E-state index contributed by atoms with van der Waals surface area (Å²) in [7, 11) is 1.25. The second-order valence-corrected chi connectivity index (χ2v) is 5.75. The SMILES string of the molecule is COC(=O)c1ccc(N)c(C(O)C(O)CCSC(C)=O)c1. The summed E-state index contributed by atoms with van der Waals surface area (Å²) in [6, 6.07) is 4.35. The zero-order valence-corrected chi connectivity index (χ0v) is 12.7. The fourth-order valence-corrected chi connectivity index (χ4v) is 2.41. The van der Waals surface area contributed by atoms with Crippen LogP contribution < -0.4 is 5.73 Å². The fourth-order valence-electron chi connectivity index (χ4n) is 1.76. The van der Waals surface area contributed by atoms with Crippen LogP contribution in [0, 0.1) is 0 Å². The van der Waals surface area contributed by atoms with Gasteiger partial charge in [-0.15, -0.1) is 0 Å². The number of carbonyl (C=O) groups is 2. The highest BCUT2D eigenvalue weighted by atomic mass is 32.2. The Morgan fingerprint density at radius 3 is 2.62 bits per heavy atom. The highest BCUT2D eigenvalue weighted by Crippen LogP contribution is 2.26. The number of hydrogen-bond acceptors (Lipinski definition) is 7. The molecule has 0 amide bonds. The summed E-state index contributed by atoms with van der Waals surface area (Å²) in [5.74, 6) is -0.158. The maximum Gasteiger partial charge on any atom is 0.337 e. The number of esters is 1. The van der Waals surface area contributed by atoms with E-state index >= 15 is 0 Å². The predicted molar refractivity (Wildman–Crippen MR) is 80.9 cm³/mol. The van der Waals surface area contributed by atoms with Crippen molar-refractivity contribution in [1.82, 2.24) is 0 Å². The molecule has 0 aliphatic heterocycles. The second-order valence-electron chi connectivity index (χ2n) is 4.48. The molecule has 0 saturated carbocycles. The molecule has 116 valence electrons. The Bertz CT molecular complexity index is 520. The molecule has 0 aliphatic rings. The first-order valence-electron chi connectivity index (χ1n) is 6.34. The minimum atomic E-state index is -1.23. The van der Waals surface area contributed by atoms with Crippen LogP contribution in [0.4, 0.5) is 5.69 Å². The van der Waals surface area contributed by atoms with Gasteiger partial charge in [-0.2, -0.15) is 0 Å². The number of nitrogen functional groups attached to an aromatic ring is 1. The van der Waals surface area contributed by atoms with Crippen LogP contribution in [-0.4, -0.2) is 40.3 Å². The normalized spacial score (nSPS) is 13.5. The molecule has 0 saturated heterocycles. The first kappa shape index (κ1) is 17.5. The highest BCUT2D eigenvalue weighted by Gasteiger charge is 2.22. The summed E-state index contributed by atoms with van der Waals surface area (Å²) in [6.45, 7) is 1.44. The van der Waals surface area contributed by atoms with Gasteiger partial charge in [-0.05, 0) is 24.6 Å². The summed E-state index contributed by atoms with van der Waals surface area (Å²) in [4.78, 5) is 22.3. The summed E-state index contributed by atoms with van der Waals surface area (Å²) >= 11 is 1.07. The third kappa shape index (κ3) is 5.04. The van der Waals surface area contributed by atoms with Crippen LogP contribution in [0.5, 0.6) is 0 Å². The average Bonchev–Trinajstić information content (AvgIpc) is 2.45. The Balaban J connectivity index is 2.82. The van der Waals surface area contributed by atoms with Crippen molar-refractivity contribution in [2.75, 3.05) is 18.6 Å². The summed E-state index contributed by atoms with van der Waals surface area (Å²) in [5.41, 5.74) is 6.54. The van der Waals surface area contributed by atoms with Crippen molar-refractivity contribution in [1.29, 1.82) is 0 Å². The van der Waals surface area contributed by atoms with Gasteiger partial charge < -0.3 is 20.7 Å². The Morgan fingerprint density at radius 2 is 2.05 bits per heavy atom. The standard InChI is InChI=1S/C14H19NO5S/c1-8(16)21-6-5-12(17)13(18)10-7-9(14(19)20-2)3-4-11(10)15/h3-4,7,12-13,17-18H,5-6,15H2,1-2H3. The molecule has 2 unspecified atom stereocenters. The zero-order valence-electron chi connectivity index (χ0n) is 11.9. The maximum atomic E-state index is 11.5. The van der Waals surface area contributed by atoms with Gasteiger partial charge in [0.05, 0.1) is 18.8 Å². The number of anilines is 1. The van der Waals surface area contributed by atoms with E-state index in [-0.39, 0.29) is 28.4 Å².